The number of phenolic OH excluding ortho intramolecular Hbond substituents is 1. The molecule has 4 aliphatic heterocycles. The van der Waals surface area contributed by atoms with Crippen molar-refractivity contribution in [1.29, 1.82) is 0 Å². The number of quaternary nitrogens is 1. The van der Waals surface area contributed by atoms with E-state index in [0.717, 1.165) is 56.3 Å². The molecule has 4 aliphatic rings. The smallest absolute Gasteiger partial charge is 0.505 e. The van der Waals surface area contributed by atoms with Crippen molar-refractivity contribution in [2.75, 3.05) is 51.1 Å². The highest BCUT2D eigenvalue weighted by atomic mass is 35.5. The van der Waals surface area contributed by atoms with E-state index in [2.05, 4.69) is 10.2 Å². The van der Waals surface area contributed by atoms with Crippen LogP contribution in [-0.4, -0.2) is 116 Å². The average Bonchev–Trinajstić information content (AvgIpc) is 3.26. The number of carbonyl (C=O) groups excluding carboxylic acids is 2. The maximum Gasteiger partial charge on any atom is 0.515 e. The fourth-order valence-electron chi connectivity index (χ4n) is 9.31. The molecule has 3 atom stereocenters. The molecule has 0 aliphatic carbocycles. The van der Waals surface area contributed by atoms with Crippen molar-refractivity contribution in [3.63, 3.8) is 0 Å². The molecule has 3 amide bonds. The Bertz CT molecular complexity index is 1590. The number of carbonyl (C=O) groups is 4. The summed E-state index contributed by atoms with van der Waals surface area (Å²) in [6, 6.07) is 10.2. The average molecular weight is 732 g/mol. The number of anilines is 1. The van der Waals surface area contributed by atoms with Crippen molar-refractivity contribution in [3.05, 3.63) is 57.6 Å². The lowest BCUT2D eigenvalue weighted by molar-refractivity contribution is -0.942. The molecule has 3 fully saturated rings. The summed E-state index contributed by atoms with van der Waals surface area (Å²) in [5.41, 5.74) is 1.14. The second-order valence-electron chi connectivity index (χ2n) is 14.4. The van der Waals surface area contributed by atoms with Gasteiger partial charge >= 0.3 is 18.1 Å². The number of aliphatic carboxylic acids is 1. The monoisotopic (exact) mass is 730 g/mol. The van der Waals surface area contributed by atoms with E-state index in [9.17, 15) is 34.5 Å². The minimum atomic E-state index is -1.19. The van der Waals surface area contributed by atoms with Crippen molar-refractivity contribution < 1.29 is 39.0 Å². The predicted octanol–water partition coefficient (Wildman–Crippen LogP) is 5.74. The van der Waals surface area contributed by atoms with Gasteiger partial charge < -0.3 is 30.3 Å². The number of halogens is 2. The largest absolute Gasteiger partial charge is 0.515 e. The van der Waals surface area contributed by atoms with Crippen LogP contribution in [0.2, 0.25) is 10.0 Å². The Hall–Kier alpha value is -3.42. The first kappa shape index (κ1) is 36.4. The summed E-state index contributed by atoms with van der Waals surface area (Å²) in [6.45, 7) is 3.31. The molecule has 270 valence electrons. The fraction of sp³-hybridized carbons (Fsp3) is 0.556. The number of aromatic hydroxyl groups is 1. The molecule has 0 spiro atoms. The molecule has 0 bridgehead atoms. The summed E-state index contributed by atoms with van der Waals surface area (Å²) in [7, 11) is 0. The van der Waals surface area contributed by atoms with Gasteiger partial charge in [-0.15, -0.1) is 0 Å². The minimum absolute atomic E-state index is 0.0166. The summed E-state index contributed by atoms with van der Waals surface area (Å²) in [5.74, 6) is -0.240. The molecule has 4 heterocycles. The maximum atomic E-state index is 13.8. The number of fused-ring (bicyclic) bond motifs is 1. The fourth-order valence-corrected chi connectivity index (χ4v) is 9.84. The molecule has 6 rings (SSSR count). The van der Waals surface area contributed by atoms with Crippen molar-refractivity contribution in [3.8, 4) is 5.75 Å². The van der Waals surface area contributed by atoms with E-state index in [-0.39, 0.29) is 60.3 Å². The highest BCUT2D eigenvalue weighted by Crippen LogP contribution is 2.47. The first-order chi connectivity index (χ1) is 24.0. The number of nitrogens with one attached hydrogen (secondary N) is 1. The molecular weight excluding hydrogens is 685 g/mol. The van der Waals surface area contributed by atoms with E-state index in [1.165, 1.54) is 12.1 Å². The number of piperidine rings is 3. The summed E-state index contributed by atoms with van der Waals surface area (Å²) in [6.07, 6.45) is 4.50. The Morgan fingerprint density at radius 3 is 2.22 bits per heavy atom. The number of amides is 3. The van der Waals surface area contributed by atoms with Crippen LogP contribution in [0, 0.1) is 11.8 Å². The zero-order valence-electron chi connectivity index (χ0n) is 28.1. The van der Waals surface area contributed by atoms with Gasteiger partial charge in [0.15, 0.2) is 11.4 Å². The number of likely N-dealkylation sites (tertiary alicyclic amines) is 3. The Labute approximate surface area is 302 Å². The number of carboxylic acid groups (broad SMARTS) is 2. The van der Waals surface area contributed by atoms with Gasteiger partial charge in [0.05, 0.1) is 29.6 Å². The third kappa shape index (κ3) is 7.05. The van der Waals surface area contributed by atoms with Gasteiger partial charge in [0, 0.05) is 49.8 Å². The van der Waals surface area contributed by atoms with Crippen LogP contribution in [0.25, 0.3) is 0 Å². The molecule has 14 heteroatoms. The molecule has 4 N–H and O–H groups in total. The van der Waals surface area contributed by atoms with Crippen molar-refractivity contribution in [1.82, 2.24) is 14.7 Å². The van der Waals surface area contributed by atoms with E-state index in [0.29, 0.717) is 49.9 Å². The highest BCUT2D eigenvalue weighted by molar-refractivity contribution is 6.37. The van der Waals surface area contributed by atoms with Crippen LogP contribution in [0.3, 0.4) is 0 Å². The number of rotatable bonds is 9. The summed E-state index contributed by atoms with van der Waals surface area (Å²) in [4.78, 5) is 57.5. The van der Waals surface area contributed by atoms with Gasteiger partial charge in [-0.2, -0.15) is 4.79 Å². The minimum Gasteiger partial charge on any atom is -0.505 e. The van der Waals surface area contributed by atoms with E-state index in [1.807, 2.05) is 34.1 Å². The lowest BCUT2D eigenvalue weighted by Gasteiger charge is -2.59. The van der Waals surface area contributed by atoms with Gasteiger partial charge in [0.2, 0.25) is 0 Å². The first-order valence-corrected chi connectivity index (χ1v) is 18.3. The van der Waals surface area contributed by atoms with Crippen LogP contribution in [-0.2, 0) is 22.6 Å². The topological polar surface area (TPSA) is 151 Å². The Morgan fingerprint density at radius 1 is 0.960 bits per heavy atom. The molecule has 12 nitrogen and oxygen atoms in total. The molecule has 0 aromatic heterocycles. The molecule has 2 aromatic carbocycles. The maximum absolute atomic E-state index is 13.8. The lowest BCUT2D eigenvalue weighted by atomic mass is 9.76. The van der Waals surface area contributed by atoms with Gasteiger partial charge in [0.25, 0.3) is 0 Å². The Morgan fingerprint density at radius 2 is 1.60 bits per heavy atom. The first-order valence-electron chi connectivity index (χ1n) is 17.5. The number of aldehydes is 1. The third-order valence-corrected chi connectivity index (χ3v) is 12.5. The van der Waals surface area contributed by atoms with Gasteiger partial charge in [0.1, 0.15) is 12.8 Å². The summed E-state index contributed by atoms with van der Waals surface area (Å²) >= 11 is 12.6. The van der Waals surface area contributed by atoms with Gasteiger partial charge in [-0.05, 0) is 80.8 Å². The SMILES string of the molecule is O=CCC1(N2CCC(C3CCN(CC(=O)O)CC3)CC2)CC(N2CCc3ccccc3NC2=O)CC[N@+]1(Cc1cc(Cl)c(O)c(Cl)c1)C(=O)O. The van der Waals surface area contributed by atoms with Crippen molar-refractivity contribution >= 4 is 53.3 Å². The molecule has 3 saturated heterocycles. The van der Waals surface area contributed by atoms with E-state index in [1.54, 1.807) is 0 Å². The Kier molecular flexibility index (Phi) is 10.9. The Balaban J connectivity index is 1.32. The van der Waals surface area contributed by atoms with E-state index in [4.69, 9.17) is 23.2 Å². The van der Waals surface area contributed by atoms with Crippen molar-refractivity contribution in [2.24, 2.45) is 11.8 Å². The lowest BCUT2D eigenvalue weighted by Crippen LogP contribution is -2.78. The van der Waals surface area contributed by atoms with E-state index >= 15 is 0 Å². The number of phenols is 1. The van der Waals surface area contributed by atoms with Crippen LogP contribution in [0.15, 0.2) is 36.4 Å². The number of hydrogen-bond donors (Lipinski definition) is 4. The van der Waals surface area contributed by atoms with Crippen LogP contribution < -0.4 is 5.32 Å². The van der Waals surface area contributed by atoms with Crippen LogP contribution >= 0.6 is 23.2 Å². The van der Waals surface area contributed by atoms with Crippen LogP contribution in [0.5, 0.6) is 5.75 Å². The number of urea groups is 1. The number of carboxylic acids is 1. The number of benzene rings is 2. The van der Waals surface area contributed by atoms with Crippen LogP contribution in [0.4, 0.5) is 15.3 Å². The van der Waals surface area contributed by atoms with Gasteiger partial charge in [-0.3, -0.25) is 14.6 Å². The third-order valence-electron chi connectivity index (χ3n) is 11.9. The number of para-hydroxylation sites is 1. The molecule has 50 heavy (non-hydrogen) atoms. The zero-order valence-corrected chi connectivity index (χ0v) is 29.6. The quantitative estimate of drug-likeness (QED) is 0.187. The predicted molar refractivity (Wildman–Crippen MR) is 188 cm³/mol. The second kappa shape index (κ2) is 15.1. The second-order valence-corrected chi connectivity index (χ2v) is 15.2. The molecule has 0 radical (unpaired) electrons. The van der Waals surface area contributed by atoms with Crippen LogP contribution in [0.1, 0.15) is 56.1 Å². The number of nitrogens with zero attached hydrogens (tertiary/aromatic N) is 4. The van der Waals surface area contributed by atoms with Gasteiger partial charge in [-0.25, -0.2) is 9.28 Å². The number of hydrogen-bond acceptors (Lipinski definition) is 7. The molecular formula is C36H46Cl2N5O7+. The van der Waals surface area contributed by atoms with Gasteiger partial charge in [-0.1, -0.05) is 41.4 Å². The molecule has 0 saturated carbocycles. The molecule has 2 unspecified atom stereocenters. The normalized spacial score (nSPS) is 27.3. The molecule has 2 aromatic rings. The zero-order chi connectivity index (χ0) is 35.6. The summed E-state index contributed by atoms with van der Waals surface area (Å²) < 4.78 is -0.465. The highest BCUT2D eigenvalue weighted by Gasteiger charge is 2.64. The standard InChI is InChI=1S/C36H45Cl2N5O7/c37-29-19-24(20-30(38)33(29)47)23-43(35(49)50)17-10-28(42-16-9-27-3-1-2-4-31(27)39-34(42)48)21-36(43,11-18-44)41-14-7-26(8-15-41)25-5-12-40(13-6-25)22-32(45)46/h1-4,18-20,25-26,28H,5-17,21-23H2,(H3-,39,45,46,47,48,49,50)/p+1/t28?,36?,43-/m0/s1. The van der Waals surface area contributed by atoms with Crippen molar-refractivity contribution in [2.45, 2.75) is 69.6 Å². The van der Waals surface area contributed by atoms with E-state index < -0.39 is 22.2 Å². The summed E-state index contributed by atoms with van der Waals surface area (Å²) in [5, 5.41) is 33.8.